The molecule has 6 heteroatoms. The minimum atomic E-state index is -1.44. The molecule has 1 rings (SSSR count). The van der Waals surface area contributed by atoms with Gasteiger partial charge in [-0.15, -0.1) is 0 Å². The second kappa shape index (κ2) is 4.90. The fraction of sp³-hybridized carbons (Fsp3) is 0.273. The normalized spacial score (nSPS) is 12.2. The maximum atomic E-state index is 13.4. The Hall–Kier alpha value is -1.98. The molecule has 0 saturated heterocycles. The fourth-order valence-electron chi connectivity index (χ4n) is 1.32. The van der Waals surface area contributed by atoms with Crippen LogP contribution < -0.4 is 0 Å². The van der Waals surface area contributed by atoms with E-state index in [0.29, 0.717) is 12.1 Å². The second-order valence-electron chi connectivity index (χ2n) is 3.67. The number of hydrogen-bond donors (Lipinski definition) is 2. The average molecular weight is 244 g/mol. The molecule has 0 aromatic heterocycles. The van der Waals surface area contributed by atoms with Crippen LogP contribution in [-0.4, -0.2) is 22.2 Å². The summed E-state index contributed by atoms with van der Waals surface area (Å²) in [6, 6.07) is 1.35. The highest BCUT2D eigenvalue weighted by molar-refractivity contribution is 5.87. The van der Waals surface area contributed by atoms with Crippen LogP contribution in [0.3, 0.4) is 0 Å². The molecule has 0 aliphatic rings. The zero-order valence-electron chi connectivity index (χ0n) is 8.91. The summed E-state index contributed by atoms with van der Waals surface area (Å²) < 4.78 is 26.8. The molecule has 4 nitrogen and oxygen atoms in total. The van der Waals surface area contributed by atoms with E-state index in [9.17, 15) is 18.4 Å². The van der Waals surface area contributed by atoms with Crippen molar-refractivity contribution < 1.29 is 28.6 Å². The predicted octanol–water partition coefficient (Wildman–Crippen LogP) is 1.93. The molecule has 1 atom stereocenters. The van der Waals surface area contributed by atoms with Crippen molar-refractivity contribution in [2.24, 2.45) is 5.92 Å². The maximum Gasteiger partial charge on any atom is 0.335 e. The average Bonchev–Trinajstić information content (AvgIpc) is 2.22. The van der Waals surface area contributed by atoms with Gasteiger partial charge in [-0.1, -0.05) is 6.92 Å². The van der Waals surface area contributed by atoms with E-state index < -0.39 is 40.6 Å². The van der Waals surface area contributed by atoms with E-state index in [1.54, 1.807) is 0 Å². The first-order valence-corrected chi connectivity index (χ1v) is 4.77. The molecule has 1 aromatic carbocycles. The lowest BCUT2D eigenvalue weighted by atomic mass is 9.99. The molecule has 1 unspecified atom stereocenters. The van der Waals surface area contributed by atoms with E-state index in [0.717, 1.165) is 0 Å². The van der Waals surface area contributed by atoms with Crippen LogP contribution >= 0.6 is 0 Å². The minimum Gasteiger partial charge on any atom is -0.481 e. The topological polar surface area (TPSA) is 74.6 Å². The maximum absolute atomic E-state index is 13.4. The number of hydrogen-bond acceptors (Lipinski definition) is 2. The lowest BCUT2D eigenvalue weighted by Crippen LogP contribution is -2.15. The van der Waals surface area contributed by atoms with Crippen LogP contribution in [-0.2, 0) is 11.2 Å². The van der Waals surface area contributed by atoms with Gasteiger partial charge in [0, 0.05) is 5.56 Å². The first-order chi connectivity index (χ1) is 7.82. The first-order valence-electron chi connectivity index (χ1n) is 4.77. The summed E-state index contributed by atoms with van der Waals surface area (Å²) in [6.45, 7) is 1.31. The van der Waals surface area contributed by atoms with Gasteiger partial charge in [-0.25, -0.2) is 13.6 Å². The molecule has 17 heavy (non-hydrogen) atoms. The van der Waals surface area contributed by atoms with Gasteiger partial charge in [0.2, 0.25) is 0 Å². The Bertz CT molecular complexity index is 448. The van der Waals surface area contributed by atoms with Crippen molar-refractivity contribution in [1.82, 2.24) is 0 Å². The highest BCUT2D eigenvalue weighted by Gasteiger charge is 2.19. The summed E-state index contributed by atoms with van der Waals surface area (Å²) in [7, 11) is 0. The number of aromatic carboxylic acids is 1. The molecule has 0 spiro atoms. The zero-order chi connectivity index (χ0) is 13.2. The van der Waals surface area contributed by atoms with Crippen molar-refractivity contribution in [2.75, 3.05) is 0 Å². The Morgan fingerprint density at radius 3 is 2.06 bits per heavy atom. The monoisotopic (exact) mass is 244 g/mol. The number of halogens is 2. The van der Waals surface area contributed by atoms with Gasteiger partial charge in [0.25, 0.3) is 0 Å². The van der Waals surface area contributed by atoms with E-state index in [4.69, 9.17) is 10.2 Å². The summed E-state index contributed by atoms with van der Waals surface area (Å²) in [6.07, 6.45) is -0.326. The van der Waals surface area contributed by atoms with Crippen LogP contribution in [0.2, 0.25) is 0 Å². The van der Waals surface area contributed by atoms with Gasteiger partial charge >= 0.3 is 11.9 Å². The van der Waals surface area contributed by atoms with E-state index in [2.05, 4.69) is 0 Å². The molecular weight excluding hydrogens is 234 g/mol. The molecule has 0 heterocycles. The molecule has 92 valence electrons. The number of aliphatic carboxylic acids is 1. The van der Waals surface area contributed by atoms with Crippen molar-refractivity contribution in [3.05, 3.63) is 34.9 Å². The van der Waals surface area contributed by atoms with Crippen LogP contribution in [0, 0.1) is 17.6 Å². The van der Waals surface area contributed by atoms with Gasteiger partial charge < -0.3 is 10.2 Å². The predicted molar refractivity (Wildman–Crippen MR) is 53.8 cm³/mol. The number of carbonyl (C=O) groups is 2. The molecule has 0 fully saturated rings. The van der Waals surface area contributed by atoms with Gasteiger partial charge in [0.05, 0.1) is 11.5 Å². The standard InChI is InChI=1S/C11H10F2O4/c1-5(10(14)15)2-7-8(12)3-6(11(16)17)4-9(7)13/h3-5H,2H2,1H3,(H,14,15)(H,16,17). The SMILES string of the molecule is CC(Cc1c(F)cc(C(=O)O)cc1F)C(=O)O. The smallest absolute Gasteiger partial charge is 0.335 e. The van der Waals surface area contributed by atoms with Gasteiger partial charge in [-0.05, 0) is 18.6 Å². The third kappa shape index (κ3) is 2.99. The van der Waals surface area contributed by atoms with Crippen LogP contribution in [0.4, 0.5) is 8.78 Å². The summed E-state index contributed by atoms with van der Waals surface area (Å²) in [5, 5.41) is 17.2. The van der Waals surface area contributed by atoms with Crippen molar-refractivity contribution >= 4 is 11.9 Å². The molecule has 0 amide bonds. The Labute approximate surface area is 95.5 Å². The summed E-state index contributed by atoms with van der Waals surface area (Å²) in [5.74, 6) is -5.66. The molecule has 0 bridgehead atoms. The molecule has 0 saturated carbocycles. The number of rotatable bonds is 4. The van der Waals surface area contributed by atoms with E-state index in [-0.39, 0.29) is 6.42 Å². The first kappa shape index (κ1) is 13.1. The molecule has 2 N–H and O–H groups in total. The molecule has 0 radical (unpaired) electrons. The molecule has 0 aliphatic heterocycles. The third-order valence-electron chi connectivity index (χ3n) is 2.32. The van der Waals surface area contributed by atoms with Gasteiger partial charge in [-0.3, -0.25) is 4.79 Å². The van der Waals surface area contributed by atoms with Gasteiger partial charge in [-0.2, -0.15) is 0 Å². The lowest BCUT2D eigenvalue weighted by molar-refractivity contribution is -0.141. The Morgan fingerprint density at radius 1 is 1.24 bits per heavy atom. The number of carboxylic acids is 2. The van der Waals surface area contributed by atoms with Crippen molar-refractivity contribution in [2.45, 2.75) is 13.3 Å². The van der Waals surface area contributed by atoms with Crippen LogP contribution in [0.25, 0.3) is 0 Å². The lowest BCUT2D eigenvalue weighted by Gasteiger charge is -2.09. The fourth-order valence-corrected chi connectivity index (χ4v) is 1.32. The minimum absolute atomic E-state index is 0.326. The largest absolute Gasteiger partial charge is 0.481 e. The van der Waals surface area contributed by atoms with E-state index >= 15 is 0 Å². The van der Waals surface area contributed by atoms with E-state index in [1.165, 1.54) is 6.92 Å². The summed E-state index contributed by atoms with van der Waals surface area (Å²) in [5.41, 5.74) is -0.920. The molecular formula is C11H10F2O4. The Morgan fingerprint density at radius 2 is 1.71 bits per heavy atom. The Balaban J connectivity index is 3.10. The van der Waals surface area contributed by atoms with Crippen molar-refractivity contribution in [3.63, 3.8) is 0 Å². The summed E-state index contributed by atoms with van der Waals surface area (Å²) >= 11 is 0. The quantitative estimate of drug-likeness (QED) is 0.848. The highest BCUT2D eigenvalue weighted by atomic mass is 19.1. The van der Waals surface area contributed by atoms with Gasteiger partial charge in [0.15, 0.2) is 0 Å². The van der Waals surface area contributed by atoms with Crippen LogP contribution in [0.15, 0.2) is 12.1 Å². The molecule has 0 aliphatic carbocycles. The highest BCUT2D eigenvalue weighted by Crippen LogP contribution is 2.19. The zero-order valence-corrected chi connectivity index (χ0v) is 8.91. The number of carboxylic acid groups (broad SMARTS) is 2. The van der Waals surface area contributed by atoms with Crippen molar-refractivity contribution in [3.8, 4) is 0 Å². The summed E-state index contributed by atoms with van der Waals surface area (Å²) in [4.78, 5) is 21.1. The Kier molecular flexibility index (Phi) is 3.77. The van der Waals surface area contributed by atoms with Gasteiger partial charge in [0.1, 0.15) is 11.6 Å². The van der Waals surface area contributed by atoms with Crippen molar-refractivity contribution in [1.29, 1.82) is 0 Å². The van der Waals surface area contributed by atoms with Crippen LogP contribution in [0.5, 0.6) is 0 Å². The molecule has 1 aromatic rings. The second-order valence-corrected chi connectivity index (χ2v) is 3.67. The number of benzene rings is 1. The van der Waals surface area contributed by atoms with Crippen LogP contribution in [0.1, 0.15) is 22.8 Å². The van der Waals surface area contributed by atoms with E-state index in [1.807, 2.05) is 0 Å². The third-order valence-corrected chi connectivity index (χ3v) is 2.32.